The van der Waals surface area contributed by atoms with Crippen LogP contribution in [0.1, 0.15) is 35.9 Å². The second-order valence-electron chi connectivity index (χ2n) is 6.21. The molecule has 3 aromatic rings. The Hall–Kier alpha value is -3.07. The molecule has 0 unspecified atom stereocenters. The summed E-state index contributed by atoms with van der Waals surface area (Å²) >= 11 is 1.08. The molecule has 9 heteroatoms. The summed E-state index contributed by atoms with van der Waals surface area (Å²) in [6, 6.07) is 5.23. The van der Waals surface area contributed by atoms with Gasteiger partial charge in [0.2, 0.25) is 5.91 Å². The Morgan fingerprint density at radius 3 is 2.56 bits per heavy atom. The van der Waals surface area contributed by atoms with Crippen molar-refractivity contribution in [1.29, 1.82) is 0 Å². The number of carbonyl (C=O) groups is 2. The number of hydrogen-bond acceptors (Lipinski definition) is 5. The number of thiophene rings is 1. The van der Waals surface area contributed by atoms with Crippen molar-refractivity contribution in [3.63, 3.8) is 0 Å². The minimum Gasteiger partial charge on any atom is -0.478 e. The van der Waals surface area contributed by atoms with Crippen LogP contribution >= 0.6 is 11.3 Å². The number of nitrogens with one attached hydrogen (secondary N) is 1. The smallest absolute Gasteiger partial charge is 0.337 e. The Morgan fingerprint density at radius 1 is 1.30 bits per heavy atom. The zero-order chi connectivity index (χ0) is 19.7. The highest BCUT2D eigenvalue weighted by Crippen LogP contribution is 2.24. The molecule has 2 heterocycles. The SMILES string of the molecule is CC(C)c1nc2scc(C(=O)O)c2c(=O)n1CC(=O)Nc1ccc(F)cc1. The molecule has 27 heavy (non-hydrogen) atoms. The van der Waals surface area contributed by atoms with Gasteiger partial charge in [0.25, 0.3) is 5.56 Å². The number of hydrogen-bond donors (Lipinski definition) is 2. The van der Waals surface area contributed by atoms with Crippen molar-refractivity contribution in [2.45, 2.75) is 26.3 Å². The average Bonchev–Trinajstić information content (AvgIpc) is 3.03. The number of carbonyl (C=O) groups excluding carboxylic acids is 1. The highest BCUT2D eigenvalue weighted by Gasteiger charge is 2.22. The van der Waals surface area contributed by atoms with Crippen LogP contribution in [0.15, 0.2) is 34.4 Å². The van der Waals surface area contributed by atoms with Crippen LogP contribution in [0.25, 0.3) is 10.2 Å². The maximum atomic E-state index is 13.0. The molecule has 0 radical (unpaired) electrons. The van der Waals surface area contributed by atoms with Crippen LogP contribution in [0.3, 0.4) is 0 Å². The van der Waals surface area contributed by atoms with E-state index >= 15 is 0 Å². The van der Waals surface area contributed by atoms with Gasteiger partial charge in [-0.3, -0.25) is 14.2 Å². The predicted octanol–water partition coefficient (Wildman–Crippen LogP) is 3.06. The maximum Gasteiger partial charge on any atom is 0.337 e. The lowest BCUT2D eigenvalue weighted by Crippen LogP contribution is -2.32. The third-order valence-electron chi connectivity index (χ3n) is 3.90. The standard InChI is InChI=1S/C18H16FN3O4S/c1-9(2)15-21-16-14(12(8-27-16)18(25)26)17(24)22(15)7-13(23)20-11-5-3-10(19)4-6-11/h3-6,8-9H,7H2,1-2H3,(H,20,23)(H,25,26). The van der Waals surface area contributed by atoms with E-state index in [1.165, 1.54) is 34.2 Å². The van der Waals surface area contributed by atoms with E-state index in [0.717, 1.165) is 11.3 Å². The van der Waals surface area contributed by atoms with Crippen molar-refractivity contribution in [3.8, 4) is 0 Å². The molecular weight excluding hydrogens is 373 g/mol. The number of carboxylic acid groups (broad SMARTS) is 1. The van der Waals surface area contributed by atoms with E-state index in [9.17, 15) is 23.9 Å². The van der Waals surface area contributed by atoms with E-state index < -0.39 is 23.3 Å². The number of benzene rings is 1. The molecule has 0 aliphatic heterocycles. The largest absolute Gasteiger partial charge is 0.478 e. The van der Waals surface area contributed by atoms with E-state index in [4.69, 9.17) is 0 Å². The number of rotatable bonds is 5. The van der Waals surface area contributed by atoms with Gasteiger partial charge in [-0.1, -0.05) is 13.8 Å². The molecule has 0 aliphatic carbocycles. The summed E-state index contributed by atoms with van der Waals surface area (Å²) < 4.78 is 14.2. The highest BCUT2D eigenvalue weighted by molar-refractivity contribution is 7.17. The van der Waals surface area contributed by atoms with Crippen molar-refractivity contribution < 1.29 is 19.1 Å². The average molecular weight is 389 g/mol. The summed E-state index contributed by atoms with van der Waals surface area (Å²) in [5, 5.41) is 13.2. The Labute approximate surface area is 157 Å². The van der Waals surface area contributed by atoms with Gasteiger partial charge in [0, 0.05) is 17.0 Å². The first-order valence-electron chi connectivity index (χ1n) is 8.08. The van der Waals surface area contributed by atoms with Gasteiger partial charge >= 0.3 is 5.97 Å². The Morgan fingerprint density at radius 2 is 1.96 bits per heavy atom. The molecule has 3 rings (SSSR count). The van der Waals surface area contributed by atoms with Gasteiger partial charge in [0.15, 0.2) is 0 Å². The van der Waals surface area contributed by atoms with Gasteiger partial charge in [-0.25, -0.2) is 14.2 Å². The lowest BCUT2D eigenvalue weighted by molar-refractivity contribution is -0.116. The Kier molecular flexibility index (Phi) is 5.04. The van der Waals surface area contributed by atoms with Gasteiger partial charge in [0.1, 0.15) is 23.0 Å². The monoisotopic (exact) mass is 389 g/mol. The maximum absolute atomic E-state index is 13.0. The van der Waals surface area contributed by atoms with E-state index in [2.05, 4.69) is 10.3 Å². The number of nitrogens with zero attached hydrogens (tertiary/aromatic N) is 2. The lowest BCUT2D eigenvalue weighted by atomic mass is 10.2. The summed E-state index contributed by atoms with van der Waals surface area (Å²) in [6.07, 6.45) is 0. The van der Waals surface area contributed by atoms with Gasteiger partial charge in [0.05, 0.1) is 10.9 Å². The molecule has 7 nitrogen and oxygen atoms in total. The minimum atomic E-state index is -1.22. The lowest BCUT2D eigenvalue weighted by Gasteiger charge is -2.15. The molecule has 0 saturated heterocycles. The minimum absolute atomic E-state index is 0.00789. The molecular formula is C18H16FN3O4S. The number of anilines is 1. The molecule has 0 bridgehead atoms. The van der Waals surface area contributed by atoms with Crippen LogP contribution < -0.4 is 10.9 Å². The molecule has 140 valence electrons. The number of amides is 1. The van der Waals surface area contributed by atoms with Crippen molar-refractivity contribution >= 4 is 39.1 Å². The summed E-state index contributed by atoms with van der Waals surface area (Å²) in [5.74, 6) is -1.92. The molecule has 0 atom stereocenters. The third-order valence-corrected chi connectivity index (χ3v) is 4.77. The quantitative estimate of drug-likeness (QED) is 0.698. The zero-order valence-electron chi connectivity index (χ0n) is 14.5. The fourth-order valence-corrected chi connectivity index (χ4v) is 3.58. The van der Waals surface area contributed by atoms with Crippen LogP contribution in [-0.2, 0) is 11.3 Å². The number of aromatic carboxylic acids is 1. The first-order chi connectivity index (χ1) is 12.8. The van der Waals surface area contributed by atoms with E-state index in [1.807, 2.05) is 13.8 Å². The normalized spacial score (nSPS) is 11.1. The molecule has 0 spiro atoms. The molecule has 1 aromatic carbocycles. The second kappa shape index (κ2) is 7.28. The number of fused-ring (bicyclic) bond motifs is 1. The van der Waals surface area contributed by atoms with E-state index in [1.54, 1.807) is 0 Å². The topological polar surface area (TPSA) is 101 Å². The highest BCUT2D eigenvalue weighted by atomic mass is 32.1. The summed E-state index contributed by atoms with van der Waals surface area (Å²) in [4.78, 5) is 41.4. The van der Waals surface area contributed by atoms with Crippen LogP contribution in [0, 0.1) is 5.82 Å². The summed E-state index contributed by atoms with van der Waals surface area (Å²) in [7, 11) is 0. The van der Waals surface area contributed by atoms with Crippen molar-refractivity contribution in [1.82, 2.24) is 9.55 Å². The van der Waals surface area contributed by atoms with Crippen LogP contribution in [0.4, 0.5) is 10.1 Å². The van der Waals surface area contributed by atoms with Gasteiger partial charge in [-0.2, -0.15) is 0 Å². The fourth-order valence-electron chi connectivity index (χ4n) is 2.67. The van der Waals surface area contributed by atoms with Gasteiger partial charge in [-0.15, -0.1) is 11.3 Å². The van der Waals surface area contributed by atoms with Crippen molar-refractivity contribution in [2.24, 2.45) is 0 Å². The molecule has 2 N–H and O–H groups in total. The summed E-state index contributed by atoms with van der Waals surface area (Å²) in [6.45, 7) is 3.32. The predicted molar refractivity (Wildman–Crippen MR) is 100.0 cm³/mol. The molecule has 2 aromatic heterocycles. The number of halogens is 1. The van der Waals surface area contributed by atoms with Crippen molar-refractivity contribution in [3.05, 3.63) is 57.2 Å². The number of aromatic nitrogens is 2. The third kappa shape index (κ3) is 3.72. The molecule has 0 aliphatic rings. The van der Waals surface area contributed by atoms with E-state index in [0.29, 0.717) is 16.3 Å². The van der Waals surface area contributed by atoms with Crippen LogP contribution in [0.2, 0.25) is 0 Å². The van der Waals surface area contributed by atoms with Crippen molar-refractivity contribution in [2.75, 3.05) is 5.32 Å². The molecule has 0 fully saturated rings. The summed E-state index contributed by atoms with van der Waals surface area (Å²) in [5.41, 5.74) is -0.316. The first kappa shape index (κ1) is 18.7. The van der Waals surface area contributed by atoms with Crippen LogP contribution in [-0.4, -0.2) is 26.5 Å². The number of carboxylic acids is 1. The molecule has 0 saturated carbocycles. The fraction of sp³-hybridized carbons (Fsp3) is 0.222. The van der Waals surface area contributed by atoms with Gasteiger partial charge in [-0.05, 0) is 24.3 Å². The van der Waals surface area contributed by atoms with E-state index in [-0.39, 0.29) is 23.4 Å². The Bertz CT molecular complexity index is 1090. The van der Waals surface area contributed by atoms with Gasteiger partial charge < -0.3 is 10.4 Å². The van der Waals surface area contributed by atoms with Crippen LogP contribution in [0.5, 0.6) is 0 Å². The first-order valence-corrected chi connectivity index (χ1v) is 8.96. The molecule has 1 amide bonds. The zero-order valence-corrected chi connectivity index (χ0v) is 15.3. The second-order valence-corrected chi connectivity index (χ2v) is 7.06. The Balaban J connectivity index is 2.02.